The zero-order valence-corrected chi connectivity index (χ0v) is 16.0. The molecule has 2 aromatic heterocycles. The fourth-order valence-corrected chi connectivity index (χ4v) is 3.57. The predicted molar refractivity (Wildman–Crippen MR) is 114 cm³/mol. The predicted octanol–water partition coefficient (Wildman–Crippen LogP) is 4.14. The third-order valence-corrected chi connectivity index (χ3v) is 5.04. The molecule has 5 rings (SSSR count). The van der Waals surface area contributed by atoms with Crippen LogP contribution in [0.25, 0.3) is 22.7 Å². The van der Waals surface area contributed by atoms with Crippen molar-refractivity contribution < 1.29 is 13.9 Å². The Kier molecular flexibility index (Phi) is 4.24. The van der Waals surface area contributed by atoms with Crippen LogP contribution in [0.15, 0.2) is 48.7 Å². The van der Waals surface area contributed by atoms with Crippen molar-refractivity contribution in [1.29, 1.82) is 0 Å². The third kappa shape index (κ3) is 3.08. The number of nitrogens with one attached hydrogen (secondary N) is 4. The Balaban J connectivity index is 1.51. The average Bonchev–Trinajstić information content (AvgIpc) is 3.44. The van der Waals surface area contributed by atoms with Crippen LogP contribution in [0.1, 0.15) is 16.8 Å². The number of carbonyl (C=O) groups is 1. The number of hydrogen-bond donors (Lipinski definition) is 4. The molecule has 30 heavy (non-hydrogen) atoms. The molecule has 8 heteroatoms. The van der Waals surface area contributed by atoms with Crippen molar-refractivity contribution in [2.24, 2.45) is 0 Å². The van der Waals surface area contributed by atoms with E-state index in [1.165, 1.54) is 12.1 Å². The van der Waals surface area contributed by atoms with Crippen LogP contribution in [0, 0.1) is 5.82 Å². The fraction of sp³-hybridized carbons (Fsp3) is 0.0909. The van der Waals surface area contributed by atoms with Gasteiger partial charge in [0.05, 0.1) is 29.6 Å². The van der Waals surface area contributed by atoms with Crippen molar-refractivity contribution in [3.63, 3.8) is 0 Å². The van der Waals surface area contributed by atoms with E-state index in [1.54, 1.807) is 37.6 Å². The second-order valence-corrected chi connectivity index (χ2v) is 6.92. The number of carbonyl (C=O) groups excluding carboxylic acids is 1. The SMILES string of the molecule is COc1cc[nH]c1C=C1C(=O)Nc2ccc3[nH]c(NCc4ccc(F)cc4)nc3c21. The summed E-state index contributed by atoms with van der Waals surface area (Å²) >= 11 is 0. The van der Waals surface area contributed by atoms with E-state index in [0.29, 0.717) is 40.7 Å². The number of rotatable bonds is 5. The van der Waals surface area contributed by atoms with E-state index in [9.17, 15) is 9.18 Å². The van der Waals surface area contributed by atoms with Crippen LogP contribution in [0.2, 0.25) is 0 Å². The summed E-state index contributed by atoms with van der Waals surface area (Å²) < 4.78 is 18.4. The lowest BCUT2D eigenvalue weighted by Gasteiger charge is -2.02. The van der Waals surface area contributed by atoms with Gasteiger partial charge in [-0.15, -0.1) is 0 Å². The van der Waals surface area contributed by atoms with Gasteiger partial charge in [0, 0.05) is 18.3 Å². The van der Waals surface area contributed by atoms with Crippen LogP contribution in [-0.4, -0.2) is 28.0 Å². The molecule has 0 spiro atoms. The van der Waals surface area contributed by atoms with Crippen molar-refractivity contribution in [3.05, 3.63) is 71.3 Å². The average molecular weight is 403 g/mol. The van der Waals surface area contributed by atoms with Gasteiger partial charge in [-0.25, -0.2) is 9.37 Å². The van der Waals surface area contributed by atoms with Crippen molar-refractivity contribution in [1.82, 2.24) is 15.0 Å². The first-order valence-corrected chi connectivity index (χ1v) is 9.38. The molecular formula is C22H18FN5O2. The van der Waals surface area contributed by atoms with Gasteiger partial charge in [-0.05, 0) is 42.0 Å². The van der Waals surface area contributed by atoms with Crippen molar-refractivity contribution in [2.45, 2.75) is 6.54 Å². The maximum absolute atomic E-state index is 13.1. The molecule has 0 unspecified atom stereocenters. The normalized spacial score (nSPS) is 14.2. The van der Waals surface area contributed by atoms with Crippen LogP contribution in [0.5, 0.6) is 5.75 Å². The minimum atomic E-state index is -0.270. The smallest absolute Gasteiger partial charge is 0.256 e. The van der Waals surface area contributed by atoms with Crippen molar-refractivity contribution >= 4 is 40.2 Å². The first-order chi connectivity index (χ1) is 14.6. The fourth-order valence-electron chi connectivity index (χ4n) is 3.57. The highest BCUT2D eigenvalue weighted by Gasteiger charge is 2.28. The summed E-state index contributed by atoms with van der Waals surface area (Å²) in [6, 6.07) is 11.8. The van der Waals surface area contributed by atoms with Crippen LogP contribution in [-0.2, 0) is 11.3 Å². The van der Waals surface area contributed by atoms with Gasteiger partial charge in [0.15, 0.2) is 0 Å². The molecule has 4 aromatic rings. The number of aromatic amines is 2. The Hall–Kier alpha value is -4.07. The second-order valence-electron chi connectivity index (χ2n) is 6.92. The number of hydrogen-bond acceptors (Lipinski definition) is 4. The molecule has 1 aliphatic heterocycles. The minimum absolute atomic E-state index is 0.196. The van der Waals surface area contributed by atoms with Gasteiger partial charge < -0.3 is 25.3 Å². The molecule has 0 saturated heterocycles. The molecule has 3 heterocycles. The molecule has 0 aliphatic carbocycles. The maximum Gasteiger partial charge on any atom is 0.256 e. The number of fused-ring (bicyclic) bond motifs is 3. The summed E-state index contributed by atoms with van der Waals surface area (Å²) in [5.41, 5.74) is 5.07. The standard InChI is InChI=1S/C22H18FN5O2/c1-30-18-8-9-24-17(18)10-14-19-15(26-21(14)29)6-7-16-20(19)28-22(27-16)25-11-12-2-4-13(23)5-3-12/h2-10,24H,11H2,1H3,(H,26,29)(H2,25,27,28). The Bertz CT molecular complexity index is 1290. The van der Waals surface area contributed by atoms with Gasteiger partial charge in [0.2, 0.25) is 5.95 Å². The number of aromatic nitrogens is 3. The summed E-state index contributed by atoms with van der Waals surface area (Å²) in [5, 5.41) is 6.10. The van der Waals surface area contributed by atoms with Gasteiger partial charge in [-0.3, -0.25) is 4.79 Å². The molecule has 0 fully saturated rings. The molecule has 0 bridgehead atoms. The molecular weight excluding hydrogens is 385 g/mol. The molecule has 1 amide bonds. The second kappa shape index (κ2) is 7.07. The summed E-state index contributed by atoms with van der Waals surface area (Å²) in [5.74, 6) is 0.754. The van der Waals surface area contributed by atoms with Gasteiger partial charge in [-0.2, -0.15) is 0 Å². The number of imidazole rings is 1. The number of amides is 1. The lowest BCUT2D eigenvalue weighted by atomic mass is 10.0. The lowest BCUT2D eigenvalue weighted by Crippen LogP contribution is -2.03. The van der Waals surface area contributed by atoms with Crippen molar-refractivity contribution in [2.75, 3.05) is 17.7 Å². The van der Waals surface area contributed by atoms with Gasteiger partial charge in [0.25, 0.3) is 5.91 Å². The minimum Gasteiger partial charge on any atom is -0.495 e. The van der Waals surface area contributed by atoms with E-state index in [4.69, 9.17) is 4.74 Å². The number of methoxy groups -OCH3 is 1. The molecule has 0 radical (unpaired) electrons. The number of halogens is 1. The van der Waals surface area contributed by atoms with E-state index in [1.807, 2.05) is 12.1 Å². The molecule has 1 aliphatic rings. The molecule has 2 aromatic carbocycles. The van der Waals surface area contributed by atoms with Crippen LogP contribution < -0.4 is 15.4 Å². The van der Waals surface area contributed by atoms with Crippen LogP contribution in [0.3, 0.4) is 0 Å². The summed E-state index contributed by atoms with van der Waals surface area (Å²) in [4.78, 5) is 23.6. The number of ether oxygens (including phenoxy) is 1. The highest BCUT2D eigenvalue weighted by atomic mass is 19.1. The van der Waals surface area contributed by atoms with Gasteiger partial charge in [0.1, 0.15) is 17.1 Å². The molecule has 7 nitrogen and oxygen atoms in total. The number of anilines is 2. The van der Waals surface area contributed by atoms with Gasteiger partial charge in [-0.1, -0.05) is 12.1 Å². The number of H-pyrrole nitrogens is 2. The van der Waals surface area contributed by atoms with E-state index in [2.05, 4.69) is 25.6 Å². The first-order valence-electron chi connectivity index (χ1n) is 9.38. The highest BCUT2D eigenvalue weighted by molar-refractivity contribution is 6.37. The monoisotopic (exact) mass is 403 g/mol. The van der Waals surface area contributed by atoms with Crippen molar-refractivity contribution in [3.8, 4) is 5.75 Å². The molecule has 0 saturated carbocycles. The van der Waals surface area contributed by atoms with E-state index in [0.717, 1.165) is 16.6 Å². The molecule has 4 N–H and O–H groups in total. The zero-order chi connectivity index (χ0) is 20.7. The zero-order valence-electron chi connectivity index (χ0n) is 16.0. The Morgan fingerprint density at radius 3 is 2.80 bits per heavy atom. The largest absolute Gasteiger partial charge is 0.495 e. The number of nitrogens with zero attached hydrogens (tertiary/aromatic N) is 1. The Labute approximate surface area is 171 Å². The Morgan fingerprint density at radius 1 is 1.17 bits per heavy atom. The molecule has 150 valence electrons. The quantitative estimate of drug-likeness (QED) is 0.377. The third-order valence-electron chi connectivity index (χ3n) is 5.04. The number of benzene rings is 2. The van der Waals surface area contributed by atoms with E-state index >= 15 is 0 Å². The topological polar surface area (TPSA) is 94.8 Å². The van der Waals surface area contributed by atoms with E-state index in [-0.39, 0.29) is 11.7 Å². The van der Waals surface area contributed by atoms with E-state index < -0.39 is 0 Å². The molecule has 0 atom stereocenters. The summed E-state index contributed by atoms with van der Waals surface area (Å²) in [6.45, 7) is 0.488. The van der Waals surface area contributed by atoms with Crippen LogP contribution >= 0.6 is 0 Å². The van der Waals surface area contributed by atoms with Gasteiger partial charge >= 0.3 is 0 Å². The summed E-state index contributed by atoms with van der Waals surface area (Å²) in [7, 11) is 1.58. The lowest BCUT2D eigenvalue weighted by molar-refractivity contribution is -0.110. The highest BCUT2D eigenvalue weighted by Crippen LogP contribution is 2.39. The Morgan fingerprint density at radius 2 is 2.00 bits per heavy atom. The first kappa shape index (κ1) is 18.0. The van der Waals surface area contributed by atoms with Crippen LogP contribution in [0.4, 0.5) is 16.0 Å². The maximum atomic E-state index is 13.1. The summed E-state index contributed by atoms with van der Waals surface area (Å²) in [6.07, 6.45) is 3.52.